The Kier molecular flexibility index (Phi) is 3.92. The highest BCUT2D eigenvalue weighted by molar-refractivity contribution is 7.09. The third-order valence-corrected chi connectivity index (χ3v) is 5.48. The number of likely N-dealkylation sites (tertiary alicyclic amines) is 1. The largest absolute Gasteiger partial charge is 0.303 e. The fraction of sp³-hybridized carbons (Fsp3) is 0.800. The summed E-state index contributed by atoms with van der Waals surface area (Å²) >= 11 is 1.82. The molecule has 4 heteroatoms. The molecule has 2 aliphatic rings. The topological polar surface area (TPSA) is 28.2 Å². The van der Waals surface area contributed by atoms with Gasteiger partial charge in [0.2, 0.25) is 0 Å². The first kappa shape index (κ1) is 13.5. The first-order valence-corrected chi connectivity index (χ1v) is 8.49. The molecule has 1 N–H and O–H groups in total. The highest BCUT2D eigenvalue weighted by Crippen LogP contribution is 2.37. The molecule has 3 nitrogen and oxygen atoms in total. The second-order valence-corrected chi connectivity index (χ2v) is 7.22. The first-order valence-electron chi connectivity index (χ1n) is 7.61. The van der Waals surface area contributed by atoms with Crippen LogP contribution < -0.4 is 5.32 Å². The second kappa shape index (κ2) is 5.51. The molecule has 3 rings (SSSR count). The van der Waals surface area contributed by atoms with Crippen LogP contribution >= 0.6 is 11.3 Å². The molecule has 1 unspecified atom stereocenters. The van der Waals surface area contributed by atoms with Crippen LogP contribution in [0.1, 0.15) is 51.0 Å². The van der Waals surface area contributed by atoms with E-state index in [1.807, 2.05) is 17.5 Å². The normalized spacial score (nSPS) is 29.6. The lowest BCUT2D eigenvalue weighted by Gasteiger charge is -2.33. The van der Waals surface area contributed by atoms with E-state index < -0.39 is 0 Å². The van der Waals surface area contributed by atoms with Gasteiger partial charge in [0.25, 0.3) is 0 Å². The molecule has 0 aromatic carbocycles. The van der Waals surface area contributed by atoms with Gasteiger partial charge in [0.05, 0.1) is 5.54 Å². The van der Waals surface area contributed by atoms with E-state index in [-0.39, 0.29) is 5.54 Å². The van der Waals surface area contributed by atoms with Crippen molar-refractivity contribution in [3.8, 4) is 0 Å². The number of nitrogens with zero attached hydrogens (tertiary/aromatic N) is 2. The van der Waals surface area contributed by atoms with E-state index in [0.29, 0.717) is 6.04 Å². The standard InChI is InChI=1S/C15H25N3S/c1-12(2)18-9-3-6-15(7-10-18,17-13-4-5-13)14-16-8-11-19-14/h8,11-13,17H,3-7,9-10H2,1-2H3. The minimum atomic E-state index is 0.152. The van der Waals surface area contributed by atoms with Crippen LogP contribution in [0.15, 0.2) is 11.6 Å². The Morgan fingerprint density at radius 2 is 2.21 bits per heavy atom. The van der Waals surface area contributed by atoms with Gasteiger partial charge in [0, 0.05) is 30.2 Å². The van der Waals surface area contributed by atoms with Gasteiger partial charge in [0.1, 0.15) is 5.01 Å². The lowest BCUT2D eigenvalue weighted by molar-refractivity contribution is 0.216. The van der Waals surface area contributed by atoms with Gasteiger partial charge in [0.15, 0.2) is 0 Å². The van der Waals surface area contributed by atoms with Gasteiger partial charge in [-0.3, -0.25) is 0 Å². The first-order chi connectivity index (χ1) is 9.20. The van der Waals surface area contributed by atoms with E-state index in [4.69, 9.17) is 0 Å². The van der Waals surface area contributed by atoms with Crippen molar-refractivity contribution in [2.45, 2.75) is 63.6 Å². The Balaban J connectivity index is 1.79. The fourth-order valence-electron chi connectivity index (χ4n) is 3.17. The summed E-state index contributed by atoms with van der Waals surface area (Å²) < 4.78 is 0. The summed E-state index contributed by atoms with van der Waals surface area (Å²) in [5.74, 6) is 0. The number of hydrogen-bond donors (Lipinski definition) is 1. The predicted molar refractivity (Wildman–Crippen MR) is 80.5 cm³/mol. The second-order valence-electron chi connectivity index (χ2n) is 6.32. The molecule has 1 atom stereocenters. The average molecular weight is 279 g/mol. The molecule has 1 saturated heterocycles. The summed E-state index contributed by atoms with van der Waals surface area (Å²) in [5.41, 5.74) is 0.152. The smallest absolute Gasteiger partial charge is 0.113 e. The molecule has 0 amide bonds. The minimum Gasteiger partial charge on any atom is -0.303 e. The Bertz CT molecular complexity index is 400. The third kappa shape index (κ3) is 3.01. The lowest BCUT2D eigenvalue weighted by atomic mass is 9.91. The summed E-state index contributed by atoms with van der Waals surface area (Å²) in [6.07, 6.45) is 8.37. The molecule has 1 saturated carbocycles. The zero-order valence-electron chi connectivity index (χ0n) is 12.1. The highest BCUT2D eigenvalue weighted by atomic mass is 32.1. The Morgan fingerprint density at radius 1 is 1.37 bits per heavy atom. The van der Waals surface area contributed by atoms with Crippen LogP contribution in [0.2, 0.25) is 0 Å². The van der Waals surface area contributed by atoms with Crippen LogP contribution in [0.4, 0.5) is 0 Å². The number of hydrogen-bond acceptors (Lipinski definition) is 4. The van der Waals surface area contributed by atoms with Gasteiger partial charge >= 0.3 is 0 Å². The van der Waals surface area contributed by atoms with Crippen molar-refractivity contribution in [2.24, 2.45) is 0 Å². The number of nitrogens with one attached hydrogen (secondary N) is 1. The summed E-state index contributed by atoms with van der Waals surface area (Å²) in [7, 11) is 0. The van der Waals surface area contributed by atoms with Crippen LogP contribution in [0, 0.1) is 0 Å². The van der Waals surface area contributed by atoms with Gasteiger partial charge < -0.3 is 10.2 Å². The number of rotatable bonds is 4. The van der Waals surface area contributed by atoms with Gasteiger partial charge in [-0.2, -0.15) is 0 Å². The van der Waals surface area contributed by atoms with E-state index >= 15 is 0 Å². The lowest BCUT2D eigenvalue weighted by Crippen LogP contribution is -2.44. The van der Waals surface area contributed by atoms with Crippen LogP contribution in [0.5, 0.6) is 0 Å². The number of thiazole rings is 1. The van der Waals surface area contributed by atoms with Crippen LogP contribution in [0.25, 0.3) is 0 Å². The van der Waals surface area contributed by atoms with Crippen molar-refractivity contribution in [3.05, 3.63) is 16.6 Å². The minimum absolute atomic E-state index is 0.152. The molecule has 2 fully saturated rings. The Labute approximate surface area is 120 Å². The quantitative estimate of drug-likeness (QED) is 0.918. The molecular weight excluding hydrogens is 254 g/mol. The maximum atomic E-state index is 4.64. The Hall–Kier alpha value is -0.450. The highest BCUT2D eigenvalue weighted by Gasteiger charge is 2.40. The molecule has 0 bridgehead atoms. The van der Waals surface area contributed by atoms with E-state index in [9.17, 15) is 0 Å². The molecule has 19 heavy (non-hydrogen) atoms. The molecule has 0 spiro atoms. The monoisotopic (exact) mass is 279 g/mol. The van der Waals surface area contributed by atoms with E-state index in [2.05, 4.69) is 34.4 Å². The van der Waals surface area contributed by atoms with Crippen molar-refractivity contribution in [1.82, 2.24) is 15.2 Å². The maximum Gasteiger partial charge on any atom is 0.113 e. The zero-order valence-corrected chi connectivity index (χ0v) is 12.9. The molecule has 2 heterocycles. The van der Waals surface area contributed by atoms with Crippen LogP contribution in [-0.2, 0) is 5.54 Å². The molecule has 1 aliphatic heterocycles. The third-order valence-electron chi connectivity index (χ3n) is 4.50. The van der Waals surface area contributed by atoms with Gasteiger partial charge in [-0.05, 0) is 52.5 Å². The predicted octanol–water partition coefficient (Wildman–Crippen LogP) is 2.98. The molecule has 1 aromatic heterocycles. The molecule has 106 valence electrons. The van der Waals surface area contributed by atoms with Gasteiger partial charge in [-0.1, -0.05) is 0 Å². The maximum absolute atomic E-state index is 4.64. The molecular formula is C15H25N3S. The van der Waals surface area contributed by atoms with Crippen LogP contribution in [-0.4, -0.2) is 35.1 Å². The van der Waals surface area contributed by atoms with Crippen molar-refractivity contribution >= 4 is 11.3 Å². The van der Waals surface area contributed by atoms with E-state index in [0.717, 1.165) is 6.04 Å². The summed E-state index contributed by atoms with van der Waals surface area (Å²) in [6.45, 7) is 7.05. The average Bonchev–Trinajstić information content (AvgIpc) is 3.08. The van der Waals surface area contributed by atoms with Crippen molar-refractivity contribution in [3.63, 3.8) is 0 Å². The van der Waals surface area contributed by atoms with Crippen LogP contribution in [0.3, 0.4) is 0 Å². The van der Waals surface area contributed by atoms with Crippen molar-refractivity contribution < 1.29 is 0 Å². The Morgan fingerprint density at radius 3 is 2.84 bits per heavy atom. The fourth-order valence-corrected chi connectivity index (χ4v) is 4.03. The summed E-state index contributed by atoms with van der Waals surface area (Å²) in [4.78, 5) is 7.26. The van der Waals surface area contributed by atoms with Gasteiger partial charge in [-0.25, -0.2) is 4.98 Å². The molecule has 0 radical (unpaired) electrons. The van der Waals surface area contributed by atoms with E-state index in [1.165, 1.54) is 50.2 Å². The SMILES string of the molecule is CC(C)N1CCCC(NC2CC2)(c2nccs2)CC1. The molecule has 1 aliphatic carbocycles. The van der Waals surface area contributed by atoms with E-state index in [1.54, 1.807) is 0 Å². The number of aromatic nitrogens is 1. The summed E-state index contributed by atoms with van der Waals surface area (Å²) in [6, 6.07) is 1.41. The van der Waals surface area contributed by atoms with Crippen molar-refractivity contribution in [1.29, 1.82) is 0 Å². The molecule has 1 aromatic rings. The zero-order chi connectivity index (χ0) is 13.3. The summed E-state index contributed by atoms with van der Waals surface area (Å²) in [5, 5.41) is 7.36. The van der Waals surface area contributed by atoms with Crippen molar-refractivity contribution in [2.75, 3.05) is 13.1 Å². The van der Waals surface area contributed by atoms with Gasteiger partial charge in [-0.15, -0.1) is 11.3 Å².